The number of halogens is 1. The third-order valence-corrected chi connectivity index (χ3v) is 6.35. The maximum Gasteiger partial charge on any atom is 0.287 e. The van der Waals surface area contributed by atoms with Gasteiger partial charge in [0.25, 0.3) is 5.56 Å². The van der Waals surface area contributed by atoms with E-state index in [9.17, 15) is 14.3 Å². The molecule has 1 aromatic carbocycles. The van der Waals surface area contributed by atoms with Crippen LogP contribution in [0.1, 0.15) is 32.1 Å². The summed E-state index contributed by atoms with van der Waals surface area (Å²) in [5.41, 5.74) is -0.855. The molecule has 1 saturated carbocycles. The molecule has 0 radical (unpaired) electrons. The highest BCUT2D eigenvalue weighted by molar-refractivity contribution is 5.63. The largest absolute Gasteiger partial charge is 0.387 e. The molecule has 2 heterocycles. The minimum absolute atomic E-state index is 0.152. The minimum atomic E-state index is -0.973. The number of nitrogens with one attached hydrogen (secondary N) is 1. The molecule has 26 heavy (non-hydrogen) atoms. The lowest BCUT2D eigenvalue weighted by Crippen LogP contribution is -2.60. The van der Waals surface area contributed by atoms with Gasteiger partial charge in [0.15, 0.2) is 5.82 Å². The van der Waals surface area contributed by atoms with E-state index in [0.29, 0.717) is 17.5 Å². The van der Waals surface area contributed by atoms with Crippen molar-refractivity contribution in [3.8, 4) is 11.1 Å². The molecule has 2 aliphatic rings. The van der Waals surface area contributed by atoms with Gasteiger partial charge in [0, 0.05) is 23.7 Å². The van der Waals surface area contributed by atoms with Gasteiger partial charge in [-0.05, 0) is 37.4 Å². The fraction of sp³-hybridized carbons (Fsp3) is 0.476. The molecule has 1 saturated heterocycles. The van der Waals surface area contributed by atoms with E-state index in [1.165, 1.54) is 4.57 Å². The van der Waals surface area contributed by atoms with E-state index < -0.39 is 17.0 Å². The van der Waals surface area contributed by atoms with Crippen molar-refractivity contribution in [1.29, 1.82) is 0 Å². The summed E-state index contributed by atoms with van der Waals surface area (Å²) in [6.07, 6.45) is 6.31. The number of aliphatic hydroxyl groups is 1. The van der Waals surface area contributed by atoms with Crippen LogP contribution in [0.15, 0.2) is 47.4 Å². The van der Waals surface area contributed by atoms with Gasteiger partial charge in [-0.3, -0.25) is 4.79 Å². The zero-order valence-corrected chi connectivity index (χ0v) is 14.9. The molecule has 5 heteroatoms. The third-order valence-electron chi connectivity index (χ3n) is 6.35. The van der Waals surface area contributed by atoms with E-state index in [0.717, 1.165) is 38.8 Å². The molecule has 1 atom stereocenters. The van der Waals surface area contributed by atoms with E-state index in [4.69, 9.17) is 0 Å². The molecule has 1 aliphatic heterocycles. The zero-order chi connectivity index (χ0) is 18.2. The van der Waals surface area contributed by atoms with Crippen LogP contribution in [0.2, 0.25) is 0 Å². The first-order valence-corrected chi connectivity index (χ1v) is 9.42. The Kier molecular flexibility index (Phi) is 4.45. The van der Waals surface area contributed by atoms with Crippen molar-refractivity contribution in [3.05, 3.63) is 58.8 Å². The number of hydrogen-bond donors (Lipinski definition) is 2. The topological polar surface area (TPSA) is 54.3 Å². The van der Waals surface area contributed by atoms with Crippen molar-refractivity contribution < 1.29 is 9.50 Å². The van der Waals surface area contributed by atoms with Gasteiger partial charge < -0.3 is 15.0 Å². The highest BCUT2D eigenvalue weighted by Gasteiger charge is 2.53. The number of piperidine rings is 1. The summed E-state index contributed by atoms with van der Waals surface area (Å²) < 4.78 is 16.1. The van der Waals surface area contributed by atoms with Gasteiger partial charge in [0.1, 0.15) is 0 Å². The Morgan fingerprint density at radius 3 is 2.58 bits per heavy atom. The SMILES string of the molecule is O=c1c(F)c(-c2ccccc2)ccn1CC1(O)CCNCC12CCCC2. The van der Waals surface area contributed by atoms with Gasteiger partial charge in [-0.2, -0.15) is 0 Å². The van der Waals surface area contributed by atoms with Crippen LogP contribution in [0.5, 0.6) is 0 Å². The monoisotopic (exact) mass is 356 g/mol. The minimum Gasteiger partial charge on any atom is -0.387 e. The van der Waals surface area contributed by atoms with Crippen molar-refractivity contribution in [2.75, 3.05) is 13.1 Å². The van der Waals surface area contributed by atoms with Crippen LogP contribution >= 0.6 is 0 Å². The number of nitrogens with zero attached hydrogens (tertiary/aromatic N) is 1. The van der Waals surface area contributed by atoms with Crippen LogP contribution < -0.4 is 10.9 Å². The molecular formula is C21H25FN2O2. The summed E-state index contributed by atoms with van der Waals surface area (Å²) in [7, 11) is 0. The first kappa shape index (κ1) is 17.4. The van der Waals surface area contributed by atoms with Gasteiger partial charge >= 0.3 is 0 Å². The van der Waals surface area contributed by atoms with Crippen LogP contribution in [0.25, 0.3) is 11.1 Å². The van der Waals surface area contributed by atoms with Crippen LogP contribution in [0, 0.1) is 11.2 Å². The normalized spacial score (nSPS) is 24.8. The molecule has 1 aromatic heterocycles. The lowest BCUT2D eigenvalue weighted by atomic mass is 9.66. The molecule has 1 spiro atoms. The van der Waals surface area contributed by atoms with Gasteiger partial charge in [0.05, 0.1) is 12.1 Å². The smallest absolute Gasteiger partial charge is 0.287 e. The molecule has 1 unspecified atom stereocenters. The van der Waals surface area contributed by atoms with Gasteiger partial charge in [-0.1, -0.05) is 43.2 Å². The maximum absolute atomic E-state index is 14.8. The van der Waals surface area contributed by atoms with E-state index >= 15 is 0 Å². The number of pyridine rings is 1. The second kappa shape index (κ2) is 6.63. The molecular weight excluding hydrogens is 331 g/mol. The fourth-order valence-electron chi connectivity index (χ4n) is 4.79. The lowest BCUT2D eigenvalue weighted by Gasteiger charge is -2.49. The molecule has 4 nitrogen and oxygen atoms in total. The third kappa shape index (κ3) is 2.79. The number of rotatable bonds is 3. The summed E-state index contributed by atoms with van der Waals surface area (Å²) in [6, 6.07) is 10.7. The average molecular weight is 356 g/mol. The molecule has 0 amide bonds. The first-order valence-electron chi connectivity index (χ1n) is 9.42. The van der Waals surface area contributed by atoms with E-state index in [2.05, 4.69) is 5.32 Å². The molecule has 1 aliphatic carbocycles. The highest BCUT2D eigenvalue weighted by atomic mass is 19.1. The Balaban J connectivity index is 1.68. The van der Waals surface area contributed by atoms with Crippen molar-refractivity contribution in [2.45, 2.75) is 44.2 Å². The molecule has 138 valence electrons. The highest BCUT2D eigenvalue weighted by Crippen LogP contribution is 2.49. The molecule has 0 bridgehead atoms. The fourth-order valence-corrected chi connectivity index (χ4v) is 4.79. The van der Waals surface area contributed by atoms with E-state index in [-0.39, 0.29) is 12.0 Å². The summed E-state index contributed by atoms with van der Waals surface area (Å²) >= 11 is 0. The van der Waals surface area contributed by atoms with Crippen LogP contribution in [-0.2, 0) is 6.54 Å². The van der Waals surface area contributed by atoms with Crippen LogP contribution in [0.3, 0.4) is 0 Å². The summed E-state index contributed by atoms with van der Waals surface area (Å²) in [5.74, 6) is -0.753. The van der Waals surface area contributed by atoms with Crippen LogP contribution in [-0.4, -0.2) is 28.4 Å². The molecule has 2 N–H and O–H groups in total. The Morgan fingerprint density at radius 2 is 1.85 bits per heavy atom. The van der Waals surface area contributed by atoms with Gasteiger partial charge in [-0.15, -0.1) is 0 Å². The molecule has 4 rings (SSSR count). The Bertz CT molecular complexity index is 843. The van der Waals surface area contributed by atoms with Crippen molar-refractivity contribution in [2.24, 2.45) is 5.41 Å². The Morgan fingerprint density at radius 1 is 1.12 bits per heavy atom. The van der Waals surface area contributed by atoms with Gasteiger partial charge in [-0.25, -0.2) is 4.39 Å². The average Bonchev–Trinajstić information content (AvgIpc) is 3.13. The number of hydrogen-bond acceptors (Lipinski definition) is 3. The zero-order valence-electron chi connectivity index (χ0n) is 14.9. The Hall–Kier alpha value is -1.98. The quantitative estimate of drug-likeness (QED) is 0.889. The summed E-state index contributed by atoms with van der Waals surface area (Å²) in [6.45, 7) is 1.64. The number of aromatic nitrogens is 1. The number of benzene rings is 1. The van der Waals surface area contributed by atoms with Crippen LogP contribution in [0.4, 0.5) is 4.39 Å². The molecule has 2 aromatic rings. The van der Waals surface area contributed by atoms with Gasteiger partial charge in [0.2, 0.25) is 0 Å². The van der Waals surface area contributed by atoms with Crippen molar-refractivity contribution in [1.82, 2.24) is 9.88 Å². The van der Waals surface area contributed by atoms with Crippen molar-refractivity contribution in [3.63, 3.8) is 0 Å². The van der Waals surface area contributed by atoms with E-state index in [1.807, 2.05) is 18.2 Å². The van der Waals surface area contributed by atoms with E-state index in [1.54, 1.807) is 24.4 Å². The summed E-state index contributed by atoms with van der Waals surface area (Å²) in [4.78, 5) is 12.6. The maximum atomic E-state index is 14.8. The second-order valence-electron chi connectivity index (χ2n) is 7.79. The predicted molar refractivity (Wildman–Crippen MR) is 99.4 cm³/mol. The Labute approximate surface area is 152 Å². The summed E-state index contributed by atoms with van der Waals surface area (Å²) in [5, 5.41) is 14.8. The predicted octanol–water partition coefficient (Wildman–Crippen LogP) is 2.94. The lowest BCUT2D eigenvalue weighted by molar-refractivity contribution is -0.115. The second-order valence-corrected chi connectivity index (χ2v) is 7.79. The molecule has 2 fully saturated rings. The van der Waals surface area contributed by atoms with Crippen molar-refractivity contribution >= 4 is 0 Å². The first-order chi connectivity index (χ1) is 12.5. The standard InChI is InChI=1S/C21H25FN2O2/c22-18-17(16-6-2-1-3-7-16)8-13-24(19(18)25)15-21(26)11-12-23-14-20(21)9-4-5-10-20/h1-3,6-8,13,23,26H,4-5,9-12,14-15H2.